The summed E-state index contributed by atoms with van der Waals surface area (Å²) in [6.45, 7) is 0.108. The number of carbonyl (C=O) groups excluding carboxylic acids is 1. The van der Waals surface area contributed by atoms with Crippen LogP contribution < -0.4 is 0 Å². The van der Waals surface area contributed by atoms with Crippen LogP contribution in [0.25, 0.3) is 0 Å². The van der Waals surface area contributed by atoms with E-state index in [1.165, 1.54) is 12.1 Å². The Labute approximate surface area is 121 Å². The fraction of sp³-hybridized carbons (Fsp3) is 0.133. The maximum atomic E-state index is 11.4. The second-order valence-electron chi connectivity index (χ2n) is 4.19. The number of aromatic nitrogens is 1. The molecule has 0 saturated heterocycles. The van der Waals surface area contributed by atoms with Gasteiger partial charge in [-0.1, -0.05) is 18.2 Å². The molecular formula is C15H13NO5. The van der Waals surface area contributed by atoms with Crippen LogP contribution in [-0.4, -0.2) is 22.2 Å². The van der Waals surface area contributed by atoms with Gasteiger partial charge in [-0.2, -0.15) is 0 Å². The van der Waals surface area contributed by atoms with E-state index in [1.54, 1.807) is 36.7 Å². The van der Waals surface area contributed by atoms with Crippen molar-refractivity contribution in [1.29, 1.82) is 0 Å². The number of carboxylic acids is 1. The third-order valence-corrected chi connectivity index (χ3v) is 2.64. The van der Waals surface area contributed by atoms with Gasteiger partial charge in [-0.3, -0.25) is 4.98 Å². The molecule has 0 bridgehead atoms. The van der Waals surface area contributed by atoms with E-state index in [0.717, 1.165) is 5.56 Å². The molecule has 1 aromatic heterocycles. The van der Waals surface area contributed by atoms with E-state index in [-0.39, 0.29) is 18.8 Å². The molecule has 0 aliphatic carbocycles. The fourth-order valence-electron chi connectivity index (χ4n) is 1.55. The second kappa shape index (κ2) is 7.04. The minimum absolute atomic E-state index is 0.0196. The first-order valence-corrected chi connectivity index (χ1v) is 6.16. The number of hydrogen-bond donors (Lipinski definition) is 1. The van der Waals surface area contributed by atoms with Crippen molar-refractivity contribution in [2.45, 2.75) is 13.2 Å². The van der Waals surface area contributed by atoms with Crippen LogP contribution in [0.4, 0.5) is 4.79 Å². The molecular weight excluding hydrogens is 274 g/mol. The molecule has 108 valence electrons. The van der Waals surface area contributed by atoms with E-state index < -0.39 is 12.1 Å². The van der Waals surface area contributed by atoms with E-state index in [9.17, 15) is 9.59 Å². The van der Waals surface area contributed by atoms with Gasteiger partial charge >= 0.3 is 12.1 Å². The molecule has 0 atom stereocenters. The molecule has 0 aliphatic heterocycles. The van der Waals surface area contributed by atoms with Gasteiger partial charge < -0.3 is 14.6 Å². The zero-order chi connectivity index (χ0) is 15.1. The highest BCUT2D eigenvalue weighted by molar-refractivity contribution is 5.87. The summed E-state index contributed by atoms with van der Waals surface area (Å²) in [6, 6.07) is 9.58. The van der Waals surface area contributed by atoms with Crippen molar-refractivity contribution < 1.29 is 24.2 Å². The average molecular weight is 287 g/mol. The van der Waals surface area contributed by atoms with E-state index in [1.807, 2.05) is 0 Å². The molecule has 0 aliphatic rings. The molecule has 6 heteroatoms. The summed E-state index contributed by atoms with van der Waals surface area (Å²) in [5, 5.41) is 8.76. The van der Waals surface area contributed by atoms with Crippen molar-refractivity contribution in [3.05, 3.63) is 65.5 Å². The predicted octanol–water partition coefficient (Wildman–Crippen LogP) is 2.63. The van der Waals surface area contributed by atoms with Crippen molar-refractivity contribution in [2.75, 3.05) is 0 Å². The number of carboxylic acid groups (broad SMARTS) is 1. The zero-order valence-electron chi connectivity index (χ0n) is 11.1. The third-order valence-electron chi connectivity index (χ3n) is 2.64. The van der Waals surface area contributed by atoms with E-state index in [4.69, 9.17) is 14.6 Å². The number of hydrogen-bond acceptors (Lipinski definition) is 5. The lowest BCUT2D eigenvalue weighted by Gasteiger charge is -2.06. The molecule has 0 fully saturated rings. The number of nitrogens with zero attached hydrogens (tertiary/aromatic N) is 1. The lowest BCUT2D eigenvalue weighted by molar-refractivity contribution is 0.0445. The Kier molecular flexibility index (Phi) is 4.87. The molecule has 6 nitrogen and oxygen atoms in total. The molecule has 1 N–H and O–H groups in total. The van der Waals surface area contributed by atoms with Gasteiger partial charge in [0.1, 0.15) is 13.2 Å². The number of carbonyl (C=O) groups is 2. The number of pyridine rings is 1. The Morgan fingerprint density at radius 2 is 1.67 bits per heavy atom. The van der Waals surface area contributed by atoms with Gasteiger partial charge in [0.15, 0.2) is 0 Å². The number of benzene rings is 1. The second-order valence-corrected chi connectivity index (χ2v) is 4.19. The van der Waals surface area contributed by atoms with Crippen LogP contribution in [0.15, 0.2) is 48.8 Å². The number of aromatic carboxylic acids is 1. The van der Waals surface area contributed by atoms with Crippen LogP contribution in [-0.2, 0) is 22.7 Å². The smallest absolute Gasteiger partial charge is 0.478 e. The van der Waals surface area contributed by atoms with Crippen molar-refractivity contribution >= 4 is 12.1 Å². The first-order chi connectivity index (χ1) is 10.1. The number of ether oxygens (including phenoxy) is 2. The summed E-state index contributed by atoms with van der Waals surface area (Å²) >= 11 is 0. The maximum absolute atomic E-state index is 11.4. The highest BCUT2D eigenvalue weighted by atomic mass is 16.7. The van der Waals surface area contributed by atoms with Gasteiger partial charge in [-0.15, -0.1) is 0 Å². The van der Waals surface area contributed by atoms with E-state index in [0.29, 0.717) is 5.56 Å². The highest BCUT2D eigenvalue weighted by Gasteiger charge is 2.06. The SMILES string of the molecule is O=C(OCc1ccc(C(=O)O)cc1)OCc1cccnc1. The Bertz CT molecular complexity index is 610. The lowest BCUT2D eigenvalue weighted by atomic mass is 10.1. The van der Waals surface area contributed by atoms with E-state index in [2.05, 4.69) is 4.98 Å². The molecule has 2 rings (SSSR count). The largest absolute Gasteiger partial charge is 0.508 e. The molecule has 0 radical (unpaired) electrons. The summed E-state index contributed by atoms with van der Waals surface area (Å²) in [5.41, 5.74) is 1.62. The van der Waals surface area contributed by atoms with Crippen molar-refractivity contribution in [3.63, 3.8) is 0 Å². The first kappa shape index (κ1) is 14.5. The Morgan fingerprint density at radius 3 is 2.24 bits per heavy atom. The molecule has 0 spiro atoms. The van der Waals surface area contributed by atoms with Crippen molar-refractivity contribution in [2.24, 2.45) is 0 Å². The standard InChI is InChI=1S/C15H13NO5/c17-14(18)13-5-3-11(4-6-13)9-20-15(19)21-10-12-2-1-7-16-8-12/h1-8H,9-10H2,(H,17,18). The lowest BCUT2D eigenvalue weighted by Crippen LogP contribution is -2.07. The topological polar surface area (TPSA) is 85.7 Å². The van der Waals surface area contributed by atoms with Gasteiger partial charge in [0.2, 0.25) is 0 Å². The minimum atomic E-state index is -1.00. The van der Waals surface area contributed by atoms with Crippen molar-refractivity contribution in [1.82, 2.24) is 4.98 Å². The molecule has 21 heavy (non-hydrogen) atoms. The maximum Gasteiger partial charge on any atom is 0.508 e. The summed E-state index contributed by atoms with van der Waals surface area (Å²) < 4.78 is 9.84. The first-order valence-electron chi connectivity index (χ1n) is 6.16. The molecule has 0 unspecified atom stereocenters. The molecule has 1 aromatic carbocycles. The normalized spacial score (nSPS) is 9.90. The van der Waals surface area contributed by atoms with Gasteiger partial charge in [-0.05, 0) is 23.8 Å². The molecule has 0 saturated carbocycles. The zero-order valence-corrected chi connectivity index (χ0v) is 11.1. The minimum Gasteiger partial charge on any atom is -0.478 e. The molecule has 0 amide bonds. The Morgan fingerprint density at radius 1 is 1.00 bits per heavy atom. The molecule has 1 heterocycles. The quantitative estimate of drug-likeness (QED) is 0.851. The summed E-state index contributed by atoms with van der Waals surface area (Å²) in [4.78, 5) is 26.0. The van der Waals surface area contributed by atoms with Crippen LogP contribution in [0.1, 0.15) is 21.5 Å². The van der Waals surface area contributed by atoms with Crippen LogP contribution in [0, 0.1) is 0 Å². The van der Waals surface area contributed by atoms with Gasteiger partial charge in [-0.25, -0.2) is 9.59 Å². The third kappa shape index (κ3) is 4.61. The Balaban J connectivity index is 1.77. The van der Waals surface area contributed by atoms with E-state index >= 15 is 0 Å². The fourth-order valence-corrected chi connectivity index (χ4v) is 1.55. The highest BCUT2D eigenvalue weighted by Crippen LogP contribution is 2.07. The number of rotatable bonds is 5. The van der Waals surface area contributed by atoms with Gasteiger partial charge in [0.05, 0.1) is 5.56 Å². The van der Waals surface area contributed by atoms with Crippen LogP contribution in [0.2, 0.25) is 0 Å². The summed E-state index contributed by atoms with van der Waals surface area (Å²) in [6.07, 6.45) is 2.43. The monoisotopic (exact) mass is 287 g/mol. The van der Waals surface area contributed by atoms with Gasteiger partial charge in [0, 0.05) is 18.0 Å². The average Bonchev–Trinajstić information content (AvgIpc) is 2.52. The molecule has 2 aromatic rings. The summed E-state index contributed by atoms with van der Waals surface area (Å²) in [5.74, 6) is -1.00. The van der Waals surface area contributed by atoms with Gasteiger partial charge in [0.25, 0.3) is 0 Å². The van der Waals surface area contributed by atoms with Crippen LogP contribution in [0.3, 0.4) is 0 Å². The van der Waals surface area contributed by atoms with Crippen LogP contribution in [0.5, 0.6) is 0 Å². The van der Waals surface area contributed by atoms with Crippen LogP contribution >= 0.6 is 0 Å². The predicted molar refractivity (Wildman–Crippen MR) is 72.6 cm³/mol. The summed E-state index contributed by atoms with van der Waals surface area (Å²) in [7, 11) is 0. The van der Waals surface area contributed by atoms with Crippen molar-refractivity contribution in [3.8, 4) is 0 Å². The Hall–Kier alpha value is -2.89.